The molecule has 0 spiro atoms. The van der Waals surface area contributed by atoms with Gasteiger partial charge < -0.3 is 9.80 Å². The minimum atomic E-state index is -0.631. The first-order valence-electron chi connectivity index (χ1n) is 23.1. The molecule has 1 heterocycles. The highest BCUT2D eigenvalue weighted by molar-refractivity contribution is 6.05. The van der Waals surface area contributed by atoms with Gasteiger partial charge in [0.1, 0.15) is 0 Å². The Morgan fingerprint density at radius 1 is 0.348 bits per heavy atom. The summed E-state index contributed by atoms with van der Waals surface area (Å²) in [6, 6.07) is 90.1. The average Bonchev–Trinajstić information content (AvgIpc) is 3.81. The zero-order chi connectivity index (χ0) is 44.0. The van der Waals surface area contributed by atoms with Crippen LogP contribution >= 0.6 is 0 Å². The van der Waals surface area contributed by atoms with Crippen LogP contribution < -0.4 is 9.80 Å². The molecule has 0 radical (unpaired) electrons. The van der Waals surface area contributed by atoms with Gasteiger partial charge in [-0.25, -0.2) is 0 Å². The summed E-state index contributed by atoms with van der Waals surface area (Å²) in [5, 5.41) is 0. The van der Waals surface area contributed by atoms with Crippen LogP contribution in [0.1, 0.15) is 47.2 Å². The fourth-order valence-electron chi connectivity index (χ4n) is 11.7. The Kier molecular flexibility index (Phi) is 8.51. The molecule has 0 amide bonds. The lowest BCUT2D eigenvalue weighted by Crippen LogP contribution is -2.36. The Balaban J connectivity index is 1.09. The van der Waals surface area contributed by atoms with E-state index in [0.29, 0.717) is 0 Å². The molecule has 0 bridgehead atoms. The summed E-state index contributed by atoms with van der Waals surface area (Å²) in [5.41, 5.74) is 24.0. The van der Waals surface area contributed by atoms with Gasteiger partial charge in [0.2, 0.25) is 0 Å². The van der Waals surface area contributed by atoms with E-state index in [9.17, 15) is 0 Å². The minimum Gasteiger partial charge on any atom is -0.310 e. The van der Waals surface area contributed by atoms with Crippen molar-refractivity contribution in [1.82, 2.24) is 0 Å². The van der Waals surface area contributed by atoms with Crippen molar-refractivity contribution in [3.8, 4) is 44.5 Å². The average molecular weight is 843 g/mol. The molecule has 0 fully saturated rings. The Morgan fingerprint density at radius 2 is 0.833 bits per heavy atom. The van der Waals surface area contributed by atoms with E-state index in [1.165, 1.54) is 89.3 Å². The molecule has 1 atom stereocenters. The van der Waals surface area contributed by atoms with Crippen LogP contribution in [0.15, 0.2) is 243 Å². The number of para-hydroxylation sites is 2. The van der Waals surface area contributed by atoms with Crippen molar-refractivity contribution >= 4 is 34.1 Å². The van der Waals surface area contributed by atoms with Crippen molar-refractivity contribution in [2.45, 2.75) is 24.7 Å². The van der Waals surface area contributed by atoms with Gasteiger partial charge in [-0.05, 0) is 121 Å². The molecule has 2 nitrogen and oxygen atoms in total. The highest BCUT2D eigenvalue weighted by Crippen LogP contribution is 2.67. The van der Waals surface area contributed by atoms with Crippen molar-refractivity contribution in [3.05, 3.63) is 276 Å². The Labute approximate surface area is 387 Å². The molecule has 1 aliphatic heterocycles. The quantitative estimate of drug-likeness (QED) is 0.158. The van der Waals surface area contributed by atoms with E-state index in [0.717, 1.165) is 22.7 Å². The second-order valence-electron chi connectivity index (χ2n) is 18.4. The molecule has 0 saturated heterocycles. The van der Waals surface area contributed by atoms with E-state index in [1.54, 1.807) is 0 Å². The van der Waals surface area contributed by atoms with Gasteiger partial charge in [-0.15, -0.1) is 0 Å². The predicted octanol–water partition coefficient (Wildman–Crippen LogP) is 16.9. The highest BCUT2D eigenvalue weighted by atomic mass is 15.2. The van der Waals surface area contributed by atoms with Crippen LogP contribution in [0.5, 0.6) is 0 Å². The maximum absolute atomic E-state index is 2.52. The molecule has 0 N–H and O–H groups in total. The molecule has 10 aromatic rings. The van der Waals surface area contributed by atoms with Gasteiger partial charge in [-0.1, -0.05) is 202 Å². The number of benzene rings is 10. The zero-order valence-corrected chi connectivity index (χ0v) is 37.0. The number of hydrogen-bond donors (Lipinski definition) is 0. The van der Waals surface area contributed by atoms with E-state index < -0.39 is 5.41 Å². The molecule has 2 heteroatoms. The van der Waals surface area contributed by atoms with Crippen LogP contribution in [0, 0.1) is 0 Å². The Bertz CT molecular complexity index is 3480. The SMILES string of the molecule is CC1(C)c2ccccc2-c2ccc(N(c3ccc(-c4ccccc4)cc3)c3ccc4c(c3)C3(c5ccccc5)c5ccccc5N(c5ccccc5)c5c(-c6ccccc6)ccc-4c53)cc21. The van der Waals surface area contributed by atoms with E-state index in [4.69, 9.17) is 0 Å². The Morgan fingerprint density at radius 3 is 1.53 bits per heavy atom. The summed E-state index contributed by atoms with van der Waals surface area (Å²) in [4.78, 5) is 5.01. The van der Waals surface area contributed by atoms with Crippen LogP contribution in [0.3, 0.4) is 0 Å². The fourth-order valence-corrected chi connectivity index (χ4v) is 11.7. The van der Waals surface area contributed by atoms with Crippen molar-refractivity contribution in [2.24, 2.45) is 0 Å². The zero-order valence-electron chi connectivity index (χ0n) is 37.0. The second-order valence-corrected chi connectivity index (χ2v) is 18.4. The third kappa shape index (κ3) is 5.48. The topological polar surface area (TPSA) is 6.48 Å². The van der Waals surface area contributed by atoms with Crippen LogP contribution in [0.4, 0.5) is 34.1 Å². The van der Waals surface area contributed by atoms with Crippen molar-refractivity contribution in [2.75, 3.05) is 9.80 Å². The molecule has 10 aromatic carbocycles. The van der Waals surface area contributed by atoms with Gasteiger partial charge in [0, 0.05) is 39.3 Å². The van der Waals surface area contributed by atoms with Crippen LogP contribution in [0.25, 0.3) is 44.5 Å². The molecule has 0 saturated carbocycles. The van der Waals surface area contributed by atoms with Gasteiger partial charge >= 0.3 is 0 Å². The van der Waals surface area contributed by atoms with Gasteiger partial charge in [0.25, 0.3) is 0 Å². The summed E-state index contributed by atoms with van der Waals surface area (Å²) in [7, 11) is 0. The summed E-state index contributed by atoms with van der Waals surface area (Å²) < 4.78 is 0. The van der Waals surface area contributed by atoms with Gasteiger partial charge in [-0.3, -0.25) is 0 Å². The molecule has 13 rings (SSSR count). The second kappa shape index (κ2) is 14.7. The smallest absolute Gasteiger partial charge is 0.0755 e. The number of anilines is 6. The molecule has 3 aliphatic rings. The van der Waals surface area contributed by atoms with Crippen LogP contribution in [-0.2, 0) is 10.8 Å². The maximum Gasteiger partial charge on any atom is 0.0755 e. The molecule has 312 valence electrons. The largest absolute Gasteiger partial charge is 0.310 e. The van der Waals surface area contributed by atoms with Crippen LogP contribution in [-0.4, -0.2) is 0 Å². The van der Waals surface area contributed by atoms with Gasteiger partial charge in [-0.2, -0.15) is 0 Å². The molecular formula is C64H46N2. The lowest BCUT2D eigenvalue weighted by atomic mass is 9.64. The van der Waals surface area contributed by atoms with E-state index >= 15 is 0 Å². The van der Waals surface area contributed by atoms with Crippen LogP contribution in [0.2, 0.25) is 0 Å². The maximum atomic E-state index is 2.52. The molecule has 0 aromatic heterocycles. The summed E-state index contributed by atoms with van der Waals surface area (Å²) in [6.45, 7) is 4.74. The number of fused-ring (bicyclic) bond motifs is 8. The fraction of sp³-hybridized carbons (Fsp3) is 0.0625. The van der Waals surface area contributed by atoms with Crippen molar-refractivity contribution < 1.29 is 0 Å². The summed E-state index contributed by atoms with van der Waals surface area (Å²) in [6.07, 6.45) is 0. The molecular weight excluding hydrogens is 797 g/mol. The highest BCUT2D eigenvalue weighted by Gasteiger charge is 2.53. The monoisotopic (exact) mass is 842 g/mol. The normalized spacial score (nSPS) is 15.6. The standard InChI is InChI=1S/C64H46N2/c1-63(2)56-28-16-15-27-52(56)53-37-35-49(41-58(53)63)65(48-33-31-44(32-34-48)43-19-7-3-8-20-43)50-36-38-54-55-40-39-51(45-21-9-4-10-22-45)62-61(55)64(59(54)42-50,46-23-11-5-12-24-46)57-29-17-18-30-60(57)66(62)47-25-13-6-14-26-47/h3-42H,1-2H3. The van der Waals surface area contributed by atoms with Gasteiger partial charge in [0.15, 0.2) is 0 Å². The first kappa shape index (κ1) is 38.3. The van der Waals surface area contributed by atoms with Gasteiger partial charge in [0.05, 0.1) is 16.8 Å². The third-order valence-corrected chi connectivity index (χ3v) is 14.6. The predicted molar refractivity (Wildman–Crippen MR) is 275 cm³/mol. The van der Waals surface area contributed by atoms with E-state index in [2.05, 4.69) is 266 Å². The third-order valence-electron chi connectivity index (χ3n) is 14.6. The number of nitrogens with zero attached hydrogens (tertiary/aromatic N) is 2. The minimum absolute atomic E-state index is 0.148. The molecule has 1 unspecified atom stereocenters. The van der Waals surface area contributed by atoms with E-state index in [-0.39, 0.29) is 5.41 Å². The van der Waals surface area contributed by atoms with Crippen molar-refractivity contribution in [1.29, 1.82) is 0 Å². The summed E-state index contributed by atoms with van der Waals surface area (Å²) in [5.74, 6) is 0. The van der Waals surface area contributed by atoms with E-state index in [1.807, 2.05) is 0 Å². The molecule has 2 aliphatic carbocycles. The Hall–Kier alpha value is -8.20. The summed E-state index contributed by atoms with van der Waals surface area (Å²) >= 11 is 0. The lowest BCUT2D eigenvalue weighted by Gasteiger charge is -2.45. The first-order chi connectivity index (χ1) is 32.5. The first-order valence-corrected chi connectivity index (χ1v) is 23.1. The number of rotatable bonds is 7. The lowest BCUT2D eigenvalue weighted by molar-refractivity contribution is 0.660. The molecule has 66 heavy (non-hydrogen) atoms. The van der Waals surface area contributed by atoms with Crippen molar-refractivity contribution in [3.63, 3.8) is 0 Å². The number of hydrogen-bond acceptors (Lipinski definition) is 2.